The number of benzene rings is 1. The molecule has 2 heterocycles. The Kier molecular flexibility index (Phi) is 8.10. The second-order valence-electron chi connectivity index (χ2n) is 9.21. The highest BCUT2D eigenvalue weighted by Crippen LogP contribution is 2.35. The number of ether oxygens (including phenoxy) is 1. The molecule has 5 atom stereocenters. The second kappa shape index (κ2) is 10.6. The van der Waals surface area contributed by atoms with Crippen molar-refractivity contribution >= 4 is 5.97 Å². The molecule has 1 N–H and O–H groups in total. The van der Waals surface area contributed by atoms with Crippen molar-refractivity contribution < 1.29 is 14.6 Å². The van der Waals surface area contributed by atoms with Gasteiger partial charge in [0, 0.05) is 31.0 Å². The van der Waals surface area contributed by atoms with E-state index in [-0.39, 0.29) is 18.2 Å². The van der Waals surface area contributed by atoms with Crippen LogP contribution in [0.4, 0.5) is 0 Å². The van der Waals surface area contributed by atoms with Crippen molar-refractivity contribution in [3.63, 3.8) is 0 Å². The van der Waals surface area contributed by atoms with Crippen LogP contribution in [0.2, 0.25) is 0 Å². The molecule has 1 unspecified atom stereocenters. The average molecular weight is 403 g/mol. The van der Waals surface area contributed by atoms with Crippen LogP contribution in [0.3, 0.4) is 0 Å². The van der Waals surface area contributed by atoms with Gasteiger partial charge in [0.15, 0.2) is 0 Å². The molecular weight excluding hydrogens is 364 g/mol. The van der Waals surface area contributed by atoms with Crippen LogP contribution in [-0.4, -0.2) is 72.4 Å². The summed E-state index contributed by atoms with van der Waals surface area (Å²) in [4.78, 5) is 16.7. The molecule has 2 aliphatic heterocycles. The van der Waals surface area contributed by atoms with E-state index >= 15 is 0 Å². The first-order valence-corrected chi connectivity index (χ1v) is 11.3. The van der Waals surface area contributed by atoms with Gasteiger partial charge >= 0.3 is 5.97 Å². The summed E-state index contributed by atoms with van der Waals surface area (Å²) >= 11 is 0. The zero-order chi connectivity index (χ0) is 20.8. The van der Waals surface area contributed by atoms with Crippen LogP contribution in [0, 0.1) is 0 Å². The van der Waals surface area contributed by atoms with Crippen molar-refractivity contribution in [1.82, 2.24) is 9.80 Å². The minimum absolute atomic E-state index is 0.0510. The summed E-state index contributed by atoms with van der Waals surface area (Å²) in [7, 11) is 6.39. The number of fused-ring (bicyclic) bond motifs is 2. The van der Waals surface area contributed by atoms with E-state index < -0.39 is 0 Å². The Bertz CT molecular complexity index is 622. The summed E-state index contributed by atoms with van der Waals surface area (Å²) in [6, 6.07) is 11.1. The lowest BCUT2D eigenvalue weighted by molar-refractivity contribution is -0.000451. The first kappa shape index (κ1) is 22.3. The van der Waals surface area contributed by atoms with Crippen LogP contribution >= 0.6 is 0 Å². The minimum atomic E-state index is -0.176. The second-order valence-corrected chi connectivity index (χ2v) is 9.21. The van der Waals surface area contributed by atoms with Gasteiger partial charge in [0.2, 0.25) is 0 Å². The average Bonchev–Trinajstić information content (AvgIpc) is 2.90. The third-order valence-corrected chi connectivity index (χ3v) is 6.94. The first-order valence-electron chi connectivity index (χ1n) is 11.3. The van der Waals surface area contributed by atoms with Crippen LogP contribution in [0.5, 0.6) is 0 Å². The van der Waals surface area contributed by atoms with E-state index in [1.807, 2.05) is 30.3 Å². The van der Waals surface area contributed by atoms with Gasteiger partial charge in [-0.15, -0.1) is 0 Å². The molecule has 1 aliphatic carbocycles. The molecule has 3 aliphatic rings. The molecule has 0 aromatic heterocycles. The lowest BCUT2D eigenvalue weighted by atomic mass is 10.0. The fourth-order valence-corrected chi connectivity index (χ4v) is 5.03. The quantitative estimate of drug-likeness (QED) is 0.617. The number of esters is 1. The lowest BCUT2D eigenvalue weighted by Gasteiger charge is -2.35. The summed E-state index contributed by atoms with van der Waals surface area (Å²) in [5, 5.41) is 9.48. The molecule has 5 heteroatoms. The van der Waals surface area contributed by atoms with E-state index in [2.05, 4.69) is 30.9 Å². The van der Waals surface area contributed by atoms with Gasteiger partial charge < -0.3 is 19.6 Å². The van der Waals surface area contributed by atoms with Crippen LogP contribution in [-0.2, 0) is 4.74 Å². The summed E-state index contributed by atoms with van der Waals surface area (Å²) in [6.07, 6.45) is 10.2. The van der Waals surface area contributed by atoms with Crippen LogP contribution < -0.4 is 0 Å². The summed E-state index contributed by atoms with van der Waals surface area (Å²) in [5.74, 6) is -0.176. The number of hydrogen-bond donors (Lipinski definition) is 1. The van der Waals surface area contributed by atoms with Crippen LogP contribution in [0.1, 0.15) is 68.1 Å². The van der Waals surface area contributed by atoms with Gasteiger partial charge in [0.25, 0.3) is 0 Å². The number of rotatable bonds is 3. The number of aliphatic hydroxyl groups excluding tert-OH is 1. The maximum atomic E-state index is 12.0. The van der Waals surface area contributed by atoms with E-state index in [1.165, 1.54) is 32.1 Å². The van der Waals surface area contributed by atoms with Gasteiger partial charge in [-0.25, -0.2) is 4.79 Å². The summed E-state index contributed by atoms with van der Waals surface area (Å²) in [6.45, 7) is 0. The van der Waals surface area contributed by atoms with Gasteiger partial charge in [-0.1, -0.05) is 31.0 Å². The molecule has 1 saturated carbocycles. The predicted octanol–water partition coefficient (Wildman–Crippen LogP) is 3.71. The van der Waals surface area contributed by atoms with Gasteiger partial charge in [0.05, 0.1) is 11.7 Å². The first-order chi connectivity index (χ1) is 13.9. The lowest BCUT2D eigenvalue weighted by Crippen LogP contribution is -2.43. The van der Waals surface area contributed by atoms with E-state index in [4.69, 9.17) is 4.74 Å². The van der Waals surface area contributed by atoms with Crippen molar-refractivity contribution in [1.29, 1.82) is 0 Å². The number of carbonyl (C=O) groups is 1. The molecule has 1 aromatic rings. The monoisotopic (exact) mass is 402 g/mol. The number of aliphatic hydroxyl groups is 1. The van der Waals surface area contributed by atoms with E-state index in [1.54, 1.807) is 0 Å². The Morgan fingerprint density at radius 1 is 1.00 bits per heavy atom. The molecular formula is C24H38N2O3. The predicted molar refractivity (Wildman–Crippen MR) is 116 cm³/mol. The van der Waals surface area contributed by atoms with Crippen molar-refractivity contribution in [2.45, 2.75) is 88.1 Å². The summed E-state index contributed by atoms with van der Waals surface area (Å²) in [5.41, 5.74) is 0.656. The van der Waals surface area contributed by atoms with Gasteiger partial charge in [0.1, 0.15) is 6.10 Å². The highest BCUT2D eigenvalue weighted by molar-refractivity contribution is 5.89. The van der Waals surface area contributed by atoms with Crippen molar-refractivity contribution in [3.05, 3.63) is 35.9 Å². The minimum Gasteiger partial charge on any atom is -0.459 e. The molecule has 3 fully saturated rings. The smallest absolute Gasteiger partial charge is 0.338 e. The van der Waals surface area contributed by atoms with E-state index in [0.29, 0.717) is 23.7 Å². The Labute approximate surface area is 176 Å². The number of piperidine rings is 1. The molecule has 162 valence electrons. The standard InChI is InChI=1S/C15H19NO2.C9H19NO/c1-16-12-7-8-13(16)10-14(9-12)18-15(17)11-5-3-2-4-6-11;1-10(2)8-5-3-4-6-9(11)7-8/h2-6,12-14H,7-10H2,1H3;8-9,11H,3-7H2,1-2H3/t12-,13+,14?;8-,9-/m.0/s1. The van der Waals surface area contributed by atoms with Gasteiger partial charge in [-0.05, 0) is 65.4 Å². The molecule has 1 aromatic carbocycles. The third kappa shape index (κ3) is 6.27. The van der Waals surface area contributed by atoms with Gasteiger partial charge in [-0.3, -0.25) is 0 Å². The zero-order valence-corrected chi connectivity index (χ0v) is 18.3. The Hall–Kier alpha value is -1.43. The van der Waals surface area contributed by atoms with Crippen LogP contribution in [0.15, 0.2) is 30.3 Å². The molecule has 5 nitrogen and oxygen atoms in total. The Morgan fingerprint density at radius 2 is 1.62 bits per heavy atom. The Balaban J connectivity index is 0.000000188. The normalized spacial score (nSPS) is 32.2. The largest absolute Gasteiger partial charge is 0.459 e. The highest BCUT2D eigenvalue weighted by atomic mass is 16.5. The SMILES string of the molecule is CN(C)[C@H]1CCCC[C@H](O)C1.CN1[C@@H]2CC[C@H]1CC(OC(=O)c1ccccc1)C2. The maximum absolute atomic E-state index is 12.0. The van der Waals surface area contributed by atoms with E-state index in [9.17, 15) is 9.90 Å². The zero-order valence-electron chi connectivity index (χ0n) is 18.3. The molecule has 0 amide bonds. The molecule has 2 saturated heterocycles. The summed E-state index contributed by atoms with van der Waals surface area (Å²) < 4.78 is 5.64. The Morgan fingerprint density at radius 3 is 2.24 bits per heavy atom. The molecule has 0 spiro atoms. The maximum Gasteiger partial charge on any atom is 0.338 e. The van der Waals surface area contributed by atoms with Gasteiger partial charge in [-0.2, -0.15) is 0 Å². The molecule has 4 rings (SSSR count). The third-order valence-electron chi connectivity index (χ3n) is 6.94. The van der Waals surface area contributed by atoms with Crippen LogP contribution in [0.25, 0.3) is 0 Å². The van der Waals surface area contributed by atoms with Crippen molar-refractivity contribution in [3.8, 4) is 0 Å². The van der Waals surface area contributed by atoms with E-state index in [0.717, 1.165) is 25.7 Å². The topological polar surface area (TPSA) is 53.0 Å². The van der Waals surface area contributed by atoms with Crippen molar-refractivity contribution in [2.75, 3.05) is 21.1 Å². The fraction of sp³-hybridized carbons (Fsp3) is 0.708. The molecule has 29 heavy (non-hydrogen) atoms. The number of nitrogens with zero attached hydrogens (tertiary/aromatic N) is 2. The molecule has 0 radical (unpaired) electrons. The van der Waals surface area contributed by atoms with Crippen molar-refractivity contribution in [2.24, 2.45) is 0 Å². The highest BCUT2D eigenvalue weighted by Gasteiger charge is 2.39. The number of carbonyl (C=O) groups excluding carboxylic acids is 1. The number of hydrogen-bond acceptors (Lipinski definition) is 5. The fourth-order valence-electron chi connectivity index (χ4n) is 5.03. The molecule has 2 bridgehead atoms.